The van der Waals surface area contributed by atoms with Crippen LogP contribution in [-0.4, -0.2) is 36.9 Å². The lowest BCUT2D eigenvalue weighted by Crippen LogP contribution is -2.46. The van der Waals surface area contributed by atoms with Gasteiger partial charge in [0, 0.05) is 12.7 Å². The van der Waals surface area contributed by atoms with E-state index in [0.717, 1.165) is 19.3 Å². The third-order valence-corrected chi connectivity index (χ3v) is 5.97. The highest BCUT2D eigenvalue weighted by Gasteiger charge is 2.33. The molecule has 0 amide bonds. The topological polar surface area (TPSA) is 59.5 Å². The van der Waals surface area contributed by atoms with Crippen LogP contribution < -0.4 is 4.74 Å². The van der Waals surface area contributed by atoms with Crippen LogP contribution in [0.3, 0.4) is 0 Å². The Morgan fingerprint density at radius 3 is 2.52 bits per heavy atom. The summed E-state index contributed by atoms with van der Waals surface area (Å²) in [5.74, 6) is 0.662. The molecule has 2 aromatic rings. The zero-order valence-corrected chi connectivity index (χ0v) is 16.1. The van der Waals surface area contributed by atoms with Gasteiger partial charge in [-0.15, -0.1) is 24.8 Å². The number of aromatic nitrogens is 1. The van der Waals surface area contributed by atoms with Gasteiger partial charge < -0.3 is 4.74 Å². The molecule has 1 aliphatic rings. The van der Waals surface area contributed by atoms with E-state index in [4.69, 9.17) is 4.74 Å². The molecule has 1 saturated heterocycles. The number of piperidine rings is 1. The molecule has 1 unspecified atom stereocenters. The van der Waals surface area contributed by atoms with Crippen LogP contribution in [0.25, 0.3) is 0 Å². The number of nitrogens with zero attached hydrogens (tertiary/aromatic N) is 2. The zero-order valence-electron chi connectivity index (χ0n) is 13.7. The fourth-order valence-corrected chi connectivity index (χ4v) is 4.51. The molecule has 1 aromatic carbocycles. The number of halogens is 2. The molecule has 1 aromatic heterocycles. The van der Waals surface area contributed by atoms with E-state index < -0.39 is 10.0 Å². The number of rotatable bonds is 5. The standard InChI is InChI=1S/C17H20N2O3S.2ClH/c20-23(21,17-9-2-1-3-10-17)19-12-5-4-7-15(19)14-22-16-8-6-11-18-13-16;;/h1-3,6,8-11,13,15H,4-5,7,12,14H2;2*1H. The minimum Gasteiger partial charge on any atom is -0.490 e. The van der Waals surface area contributed by atoms with Gasteiger partial charge >= 0.3 is 0 Å². The zero-order chi connectivity index (χ0) is 16.1. The van der Waals surface area contributed by atoms with Crippen LogP contribution >= 0.6 is 24.8 Å². The van der Waals surface area contributed by atoms with Gasteiger partial charge in [0.25, 0.3) is 0 Å². The van der Waals surface area contributed by atoms with Crippen LogP contribution in [0.5, 0.6) is 5.75 Å². The number of ether oxygens (including phenoxy) is 1. The molecular formula is C17H22Cl2N2O3S. The van der Waals surface area contributed by atoms with Crippen LogP contribution in [0.4, 0.5) is 0 Å². The Morgan fingerprint density at radius 1 is 1.08 bits per heavy atom. The van der Waals surface area contributed by atoms with Gasteiger partial charge in [-0.1, -0.05) is 24.6 Å². The van der Waals surface area contributed by atoms with Gasteiger partial charge in [0.15, 0.2) is 0 Å². The summed E-state index contributed by atoms with van der Waals surface area (Å²) in [5, 5.41) is 0. The molecule has 5 nitrogen and oxygen atoms in total. The Hall–Kier alpha value is -1.34. The van der Waals surface area contributed by atoms with Gasteiger partial charge in [-0.05, 0) is 37.1 Å². The molecule has 8 heteroatoms. The normalized spacial score (nSPS) is 17.8. The largest absolute Gasteiger partial charge is 0.490 e. The predicted octanol–water partition coefficient (Wildman–Crippen LogP) is 3.55. The smallest absolute Gasteiger partial charge is 0.243 e. The summed E-state index contributed by atoms with van der Waals surface area (Å²) >= 11 is 0. The predicted molar refractivity (Wildman–Crippen MR) is 102 cm³/mol. The summed E-state index contributed by atoms with van der Waals surface area (Å²) in [6, 6.07) is 12.1. The highest BCUT2D eigenvalue weighted by atomic mass is 35.5. The van der Waals surface area contributed by atoms with E-state index in [-0.39, 0.29) is 30.9 Å². The van der Waals surface area contributed by atoms with Crippen molar-refractivity contribution in [3.05, 3.63) is 54.9 Å². The molecule has 1 atom stereocenters. The number of pyridine rings is 1. The lowest BCUT2D eigenvalue weighted by Gasteiger charge is -2.34. The lowest BCUT2D eigenvalue weighted by atomic mass is 10.1. The maximum Gasteiger partial charge on any atom is 0.243 e. The summed E-state index contributed by atoms with van der Waals surface area (Å²) in [7, 11) is -3.48. The monoisotopic (exact) mass is 404 g/mol. The Bertz CT molecular complexity index is 730. The van der Waals surface area contributed by atoms with Crippen LogP contribution in [0, 0.1) is 0 Å². The first kappa shape index (κ1) is 21.7. The Kier molecular flexibility index (Phi) is 8.65. The first-order valence-electron chi connectivity index (χ1n) is 7.77. The molecular weight excluding hydrogens is 383 g/mol. The van der Waals surface area contributed by atoms with Crippen molar-refractivity contribution in [1.82, 2.24) is 9.29 Å². The van der Waals surface area contributed by atoms with Gasteiger partial charge in [-0.25, -0.2) is 8.42 Å². The third-order valence-electron chi connectivity index (χ3n) is 4.00. The lowest BCUT2D eigenvalue weighted by molar-refractivity contribution is 0.168. The Balaban J connectivity index is 0.00000156. The summed E-state index contributed by atoms with van der Waals surface area (Å²) in [5.41, 5.74) is 0. The second-order valence-electron chi connectivity index (χ2n) is 5.58. The first-order chi connectivity index (χ1) is 11.2. The van der Waals surface area contributed by atoms with Gasteiger partial charge in [0.2, 0.25) is 10.0 Å². The molecule has 25 heavy (non-hydrogen) atoms. The second kappa shape index (κ2) is 9.97. The van der Waals surface area contributed by atoms with Crippen molar-refractivity contribution in [2.75, 3.05) is 13.2 Å². The molecule has 2 heterocycles. The van der Waals surface area contributed by atoms with E-state index in [1.807, 2.05) is 12.1 Å². The van der Waals surface area contributed by atoms with Gasteiger partial charge in [0.1, 0.15) is 12.4 Å². The minimum atomic E-state index is -3.48. The van der Waals surface area contributed by atoms with E-state index >= 15 is 0 Å². The maximum absolute atomic E-state index is 12.9. The van der Waals surface area contributed by atoms with Crippen LogP contribution in [0.15, 0.2) is 59.8 Å². The average Bonchev–Trinajstić information content (AvgIpc) is 2.62. The quantitative estimate of drug-likeness (QED) is 0.764. The first-order valence-corrected chi connectivity index (χ1v) is 9.21. The fourth-order valence-electron chi connectivity index (χ4n) is 2.81. The Labute approximate surface area is 161 Å². The highest BCUT2D eigenvalue weighted by Crippen LogP contribution is 2.25. The SMILES string of the molecule is Cl.Cl.O=S(=O)(c1ccccc1)N1CCCCC1COc1cccnc1. The van der Waals surface area contributed by atoms with E-state index in [9.17, 15) is 8.42 Å². The third kappa shape index (κ3) is 5.31. The molecule has 0 bridgehead atoms. The molecule has 0 N–H and O–H groups in total. The molecule has 1 aliphatic heterocycles. The number of sulfonamides is 1. The minimum absolute atomic E-state index is 0. The van der Waals surface area contributed by atoms with Crippen molar-refractivity contribution < 1.29 is 13.2 Å². The van der Waals surface area contributed by atoms with E-state index in [1.165, 1.54) is 0 Å². The molecule has 0 saturated carbocycles. The van der Waals surface area contributed by atoms with Gasteiger partial charge in [-0.2, -0.15) is 4.31 Å². The van der Waals surface area contributed by atoms with Crippen molar-refractivity contribution in [2.45, 2.75) is 30.2 Å². The molecule has 3 rings (SSSR count). The van der Waals surface area contributed by atoms with E-state index in [1.54, 1.807) is 47.0 Å². The van der Waals surface area contributed by atoms with Crippen molar-refractivity contribution >= 4 is 34.8 Å². The van der Waals surface area contributed by atoms with Crippen molar-refractivity contribution in [1.29, 1.82) is 0 Å². The second-order valence-corrected chi connectivity index (χ2v) is 7.47. The molecule has 0 spiro atoms. The summed E-state index contributed by atoms with van der Waals surface area (Å²) in [6.07, 6.45) is 6.03. The van der Waals surface area contributed by atoms with Crippen molar-refractivity contribution in [3.8, 4) is 5.75 Å². The molecule has 0 aliphatic carbocycles. The van der Waals surface area contributed by atoms with Crippen molar-refractivity contribution in [2.24, 2.45) is 0 Å². The highest BCUT2D eigenvalue weighted by molar-refractivity contribution is 7.89. The molecule has 1 fully saturated rings. The van der Waals surface area contributed by atoms with Crippen LogP contribution in [0.1, 0.15) is 19.3 Å². The van der Waals surface area contributed by atoms with E-state index in [2.05, 4.69) is 4.98 Å². The number of benzene rings is 1. The van der Waals surface area contributed by atoms with Crippen LogP contribution in [0.2, 0.25) is 0 Å². The summed E-state index contributed by atoms with van der Waals surface area (Å²) in [4.78, 5) is 4.35. The van der Waals surface area contributed by atoms with Gasteiger partial charge in [0.05, 0.1) is 17.1 Å². The average molecular weight is 405 g/mol. The molecule has 0 radical (unpaired) electrons. The van der Waals surface area contributed by atoms with Gasteiger partial charge in [-0.3, -0.25) is 4.98 Å². The summed E-state index contributed by atoms with van der Waals surface area (Å²) < 4.78 is 33.1. The van der Waals surface area contributed by atoms with Crippen LogP contribution in [-0.2, 0) is 10.0 Å². The fraction of sp³-hybridized carbons (Fsp3) is 0.353. The maximum atomic E-state index is 12.9. The van der Waals surface area contributed by atoms with Crippen molar-refractivity contribution in [3.63, 3.8) is 0 Å². The molecule has 138 valence electrons. The number of hydrogen-bond acceptors (Lipinski definition) is 4. The summed E-state index contributed by atoms with van der Waals surface area (Å²) in [6.45, 7) is 0.885. The van der Waals surface area contributed by atoms with E-state index in [0.29, 0.717) is 23.8 Å². The number of hydrogen-bond donors (Lipinski definition) is 0. The Morgan fingerprint density at radius 2 is 1.84 bits per heavy atom.